The molecule has 0 aromatic heterocycles. The van der Waals surface area contributed by atoms with Crippen molar-refractivity contribution in [2.24, 2.45) is 5.92 Å². The smallest absolute Gasteiger partial charge is 0.254 e. The summed E-state index contributed by atoms with van der Waals surface area (Å²) in [5, 5.41) is 0. The molecule has 0 bridgehead atoms. The van der Waals surface area contributed by atoms with E-state index in [-0.39, 0.29) is 23.5 Å². The van der Waals surface area contributed by atoms with E-state index < -0.39 is 5.82 Å². The van der Waals surface area contributed by atoms with Gasteiger partial charge >= 0.3 is 0 Å². The Labute approximate surface area is 141 Å². The summed E-state index contributed by atoms with van der Waals surface area (Å²) < 4.78 is 19.1. The molecule has 0 N–H and O–H groups in total. The summed E-state index contributed by atoms with van der Waals surface area (Å²) in [6.07, 6.45) is 2.73. The molecule has 1 heterocycles. The van der Waals surface area contributed by atoms with Crippen LogP contribution in [0, 0.1) is 11.7 Å². The van der Waals surface area contributed by atoms with Crippen LogP contribution in [0.3, 0.4) is 0 Å². The molecule has 0 radical (unpaired) electrons. The first-order valence-corrected chi connectivity index (χ1v) is 8.60. The molecule has 1 aromatic rings. The summed E-state index contributed by atoms with van der Waals surface area (Å²) >= 11 is 0. The predicted octanol–water partition coefficient (Wildman–Crippen LogP) is 2.31. The number of ether oxygens (including phenoxy) is 1. The van der Waals surface area contributed by atoms with E-state index in [2.05, 4.69) is 0 Å². The Morgan fingerprint density at radius 2 is 1.88 bits per heavy atom. The Morgan fingerprint density at radius 3 is 2.54 bits per heavy atom. The van der Waals surface area contributed by atoms with Crippen LogP contribution < -0.4 is 4.74 Å². The second kappa shape index (κ2) is 7.20. The fourth-order valence-electron chi connectivity index (χ4n) is 3.02. The number of carbonyl (C=O) groups excluding carboxylic acids is 2. The van der Waals surface area contributed by atoms with Gasteiger partial charge in [0.15, 0.2) is 11.6 Å². The zero-order chi connectivity index (χ0) is 17.1. The van der Waals surface area contributed by atoms with E-state index in [1.165, 1.54) is 12.1 Å². The molecular formula is C18H23FN2O3. The molecule has 24 heavy (non-hydrogen) atoms. The monoisotopic (exact) mass is 334 g/mol. The van der Waals surface area contributed by atoms with Crippen molar-refractivity contribution < 1.29 is 18.7 Å². The van der Waals surface area contributed by atoms with Crippen LogP contribution in [0.25, 0.3) is 0 Å². The van der Waals surface area contributed by atoms with Crippen molar-refractivity contribution in [3.63, 3.8) is 0 Å². The van der Waals surface area contributed by atoms with Gasteiger partial charge in [-0.15, -0.1) is 0 Å². The summed E-state index contributed by atoms with van der Waals surface area (Å²) in [5.74, 6) is -0.143. The number of amides is 2. The first kappa shape index (κ1) is 16.7. The third-order valence-electron chi connectivity index (χ3n) is 4.50. The SMILES string of the molecule is CCOc1ccc(C(=O)N2CCCN(C(=O)C3CC3)CC2)cc1F. The number of benzene rings is 1. The Kier molecular flexibility index (Phi) is 5.02. The molecule has 5 nitrogen and oxygen atoms in total. The van der Waals surface area contributed by atoms with Crippen LogP contribution >= 0.6 is 0 Å². The minimum absolute atomic E-state index is 0.158. The summed E-state index contributed by atoms with van der Waals surface area (Å²) in [7, 11) is 0. The Hall–Kier alpha value is -2.11. The molecule has 3 rings (SSSR count). The summed E-state index contributed by atoms with van der Waals surface area (Å²) in [5.41, 5.74) is 0.318. The quantitative estimate of drug-likeness (QED) is 0.849. The average Bonchev–Trinajstić information content (AvgIpc) is 3.42. The third-order valence-corrected chi connectivity index (χ3v) is 4.50. The van der Waals surface area contributed by atoms with Crippen LogP contribution in [0.15, 0.2) is 18.2 Å². The minimum Gasteiger partial charge on any atom is -0.491 e. The molecule has 0 unspecified atom stereocenters. The second-order valence-corrected chi connectivity index (χ2v) is 6.32. The zero-order valence-electron chi connectivity index (χ0n) is 14.0. The van der Waals surface area contributed by atoms with Gasteiger partial charge in [-0.2, -0.15) is 0 Å². The minimum atomic E-state index is -0.525. The van der Waals surface area contributed by atoms with Crippen LogP contribution in [0.1, 0.15) is 36.5 Å². The maximum Gasteiger partial charge on any atom is 0.254 e. The second-order valence-electron chi connectivity index (χ2n) is 6.32. The fraction of sp³-hybridized carbons (Fsp3) is 0.556. The molecule has 1 saturated carbocycles. The average molecular weight is 334 g/mol. The van der Waals surface area contributed by atoms with Crippen molar-refractivity contribution in [1.29, 1.82) is 0 Å². The van der Waals surface area contributed by atoms with Crippen molar-refractivity contribution in [2.75, 3.05) is 32.8 Å². The van der Waals surface area contributed by atoms with Gasteiger partial charge in [-0.05, 0) is 44.4 Å². The van der Waals surface area contributed by atoms with E-state index in [0.717, 1.165) is 19.3 Å². The maximum atomic E-state index is 14.0. The fourth-order valence-corrected chi connectivity index (χ4v) is 3.02. The van der Waals surface area contributed by atoms with Crippen LogP contribution in [0.2, 0.25) is 0 Å². The van der Waals surface area contributed by atoms with E-state index >= 15 is 0 Å². The van der Waals surface area contributed by atoms with Crippen molar-refractivity contribution >= 4 is 11.8 Å². The molecule has 1 saturated heterocycles. The number of halogens is 1. The van der Waals surface area contributed by atoms with Crippen LogP contribution in [0.5, 0.6) is 5.75 Å². The molecule has 0 spiro atoms. The Morgan fingerprint density at radius 1 is 1.17 bits per heavy atom. The molecule has 2 aliphatic rings. The van der Waals surface area contributed by atoms with Crippen molar-refractivity contribution in [2.45, 2.75) is 26.2 Å². The maximum absolute atomic E-state index is 14.0. The molecule has 0 atom stereocenters. The highest BCUT2D eigenvalue weighted by molar-refractivity contribution is 5.94. The molecule has 1 aromatic carbocycles. The Bertz CT molecular complexity index is 631. The van der Waals surface area contributed by atoms with E-state index in [1.807, 2.05) is 4.90 Å². The molecule has 1 aliphatic heterocycles. The normalized spacial score (nSPS) is 18.2. The Balaban J connectivity index is 1.64. The highest BCUT2D eigenvalue weighted by Gasteiger charge is 2.34. The highest BCUT2D eigenvalue weighted by Crippen LogP contribution is 2.31. The third kappa shape index (κ3) is 3.68. The molecule has 130 valence electrons. The van der Waals surface area contributed by atoms with E-state index in [0.29, 0.717) is 38.3 Å². The first-order chi connectivity index (χ1) is 11.6. The van der Waals surface area contributed by atoms with Crippen LogP contribution in [-0.4, -0.2) is 54.4 Å². The predicted molar refractivity (Wildman–Crippen MR) is 87.4 cm³/mol. The molecule has 1 aliphatic carbocycles. The van der Waals surface area contributed by atoms with Crippen LogP contribution in [0.4, 0.5) is 4.39 Å². The van der Waals surface area contributed by atoms with Gasteiger partial charge in [-0.25, -0.2) is 4.39 Å². The van der Waals surface area contributed by atoms with Gasteiger partial charge in [0, 0.05) is 37.7 Å². The van der Waals surface area contributed by atoms with Crippen molar-refractivity contribution in [1.82, 2.24) is 9.80 Å². The molecule has 2 fully saturated rings. The van der Waals surface area contributed by atoms with E-state index in [4.69, 9.17) is 4.74 Å². The molecule has 2 amide bonds. The summed E-state index contributed by atoms with van der Waals surface area (Å²) in [6, 6.07) is 4.31. The van der Waals surface area contributed by atoms with Gasteiger partial charge in [-0.1, -0.05) is 0 Å². The summed E-state index contributed by atoms with van der Waals surface area (Å²) in [4.78, 5) is 28.3. The highest BCUT2D eigenvalue weighted by atomic mass is 19.1. The number of hydrogen-bond donors (Lipinski definition) is 0. The van der Waals surface area contributed by atoms with Gasteiger partial charge in [0.2, 0.25) is 5.91 Å². The van der Waals surface area contributed by atoms with Gasteiger partial charge in [0.25, 0.3) is 5.91 Å². The summed E-state index contributed by atoms with van der Waals surface area (Å²) in [6.45, 7) is 4.48. The number of rotatable bonds is 4. The lowest BCUT2D eigenvalue weighted by molar-refractivity contribution is -0.132. The molecular weight excluding hydrogens is 311 g/mol. The van der Waals surface area contributed by atoms with E-state index in [9.17, 15) is 14.0 Å². The van der Waals surface area contributed by atoms with Gasteiger partial charge in [0.1, 0.15) is 0 Å². The van der Waals surface area contributed by atoms with Crippen LogP contribution in [-0.2, 0) is 4.79 Å². The first-order valence-electron chi connectivity index (χ1n) is 8.60. The van der Waals surface area contributed by atoms with Crippen molar-refractivity contribution in [3.8, 4) is 5.75 Å². The topological polar surface area (TPSA) is 49.9 Å². The number of carbonyl (C=O) groups is 2. The lowest BCUT2D eigenvalue weighted by atomic mass is 10.1. The lowest BCUT2D eigenvalue weighted by Crippen LogP contribution is -2.38. The lowest BCUT2D eigenvalue weighted by Gasteiger charge is -2.22. The number of nitrogens with zero attached hydrogens (tertiary/aromatic N) is 2. The zero-order valence-corrected chi connectivity index (χ0v) is 14.0. The van der Waals surface area contributed by atoms with E-state index in [1.54, 1.807) is 17.9 Å². The van der Waals surface area contributed by atoms with Gasteiger partial charge in [0.05, 0.1) is 6.61 Å². The van der Waals surface area contributed by atoms with Crippen molar-refractivity contribution in [3.05, 3.63) is 29.6 Å². The largest absolute Gasteiger partial charge is 0.491 e. The van der Waals surface area contributed by atoms with Gasteiger partial charge in [-0.3, -0.25) is 9.59 Å². The standard InChI is InChI=1S/C18H23FN2O3/c1-2-24-16-7-6-14(12-15(16)19)18(23)21-9-3-8-20(10-11-21)17(22)13-4-5-13/h6-7,12-13H,2-5,8-11H2,1H3. The molecule has 6 heteroatoms. The van der Waals surface area contributed by atoms with Gasteiger partial charge < -0.3 is 14.5 Å². The number of hydrogen-bond acceptors (Lipinski definition) is 3.